The smallest absolute Gasteiger partial charge is 0.248 e. The Balaban J connectivity index is 1.47. The van der Waals surface area contributed by atoms with Crippen LogP contribution in [-0.2, 0) is 9.59 Å². The first kappa shape index (κ1) is 21.0. The van der Waals surface area contributed by atoms with Gasteiger partial charge in [-0.1, -0.05) is 36.4 Å². The van der Waals surface area contributed by atoms with Gasteiger partial charge in [0.25, 0.3) is 0 Å². The number of aromatic nitrogens is 1. The molecule has 1 aromatic heterocycles. The highest BCUT2D eigenvalue weighted by Gasteiger charge is 2.45. The molecule has 8 nitrogen and oxygen atoms in total. The molecular formula is C23H26N4O4. The van der Waals surface area contributed by atoms with E-state index in [1.807, 2.05) is 48.4 Å². The maximum atomic E-state index is 13.4. The van der Waals surface area contributed by atoms with Crippen LogP contribution in [0.1, 0.15) is 12.0 Å². The van der Waals surface area contributed by atoms with Gasteiger partial charge in [-0.3, -0.25) is 24.7 Å². The van der Waals surface area contributed by atoms with E-state index in [0.717, 1.165) is 11.1 Å². The average molecular weight is 422 g/mol. The number of rotatable bonds is 5. The zero-order chi connectivity index (χ0) is 21.8. The number of hydrogen-bond acceptors (Lipinski definition) is 6. The van der Waals surface area contributed by atoms with E-state index in [1.165, 1.54) is 0 Å². The van der Waals surface area contributed by atoms with Gasteiger partial charge in [-0.15, -0.1) is 0 Å². The van der Waals surface area contributed by atoms with Crippen molar-refractivity contribution in [1.82, 2.24) is 20.3 Å². The number of nitrogens with one attached hydrogen (secondary N) is 1. The molecule has 31 heavy (non-hydrogen) atoms. The summed E-state index contributed by atoms with van der Waals surface area (Å²) in [5, 5.41) is 9.30. The SMILES string of the molecule is CN1C[C@@H](Oc2ccncc2)C[C@H](C(=O)NO)[C@H]1C(=O)N1CC=C(c2ccccc2)C1. The Kier molecular flexibility index (Phi) is 6.29. The molecule has 2 aromatic rings. The van der Waals surface area contributed by atoms with Crippen LogP contribution in [0.25, 0.3) is 5.57 Å². The maximum absolute atomic E-state index is 13.4. The van der Waals surface area contributed by atoms with Gasteiger partial charge in [0, 0.05) is 32.0 Å². The van der Waals surface area contributed by atoms with Crippen molar-refractivity contribution in [2.75, 3.05) is 26.7 Å². The second kappa shape index (κ2) is 9.28. The van der Waals surface area contributed by atoms with Gasteiger partial charge in [-0.05, 0) is 36.7 Å². The number of hydrogen-bond donors (Lipinski definition) is 2. The van der Waals surface area contributed by atoms with Gasteiger partial charge in [0.2, 0.25) is 11.8 Å². The van der Waals surface area contributed by atoms with Gasteiger partial charge in [0.05, 0.1) is 5.92 Å². The quantitative estimate of drug-likeness (QED) is 0.561. The van der Waals surface area contributed by atoms with Gasteiger partial charge >= 0.3 is 0 Å². The Hall–Kier alpha value is -3.23. The summed E-state index contributed by atoms with van der Waals surface area (Å²) >= 11 is 0. The first-order valence-corrected chi connectivity index (χ1v) is 10.3. The predicted octanol–water partition coefficient (Wildman–Crippen LogP) is 1.58. The number of pyridine rings is 1. The molecule has 0 saturated carbocycles. The Morgan fingerprint density at radius 3 is 2.61 bits per heavy atom. The predicted molar refractivity (Wildman–Crippen MR) is 114 cm³/mol. The van der Waals surface area contributed by atoms with Crippen LogP contribution in [0.4, 0.5) is 0 Å². The summed E-state index contributed by atoms with van der Waals surface area (Å²) in [5.74, 6) is -0.786. The number of likely N-dealkylation sites (N-methyl/N-ethyl adjacent to an activating group) is 1. The fourth-order valence-corrected chi connectivity index (χ4v) is 4.39. The molecule has 8 heteroatoms. The molecule has 0 radical (unpaired) electrons. The second-order valence-corrected chi connectivity index (χ2v) is 7.94. The normalized spacial score (nSPS) is 23.9. The number of ether oxygens (including phenoxy) is 1. The van der Waals surface area contributed by atoms with E-state index in [4.69, 9.17) is 4.74 Å². The number of amides is 2. The summed E-state index contributed by atoms with van der Waals surface area (Å²) in [6.07, 6.45) is 5.35. The van der Waals surface area contributed by atoms with E-state index in [0.29, 0.717) is 31.8 Å². The van der Waals surface area contributed by atoms with Gasteiger partial charge in [-0.2, -0.15) is 0 Å². The van der Waals surface area contributed by atoms with Gasteiger partial charge < -0.3 is 9.64 Å². The van der Waals surface area contributed by atoms with Crippen molar-refractivity contribution in [2.24, 2.45) is 5.92 Å². The molecule has 0 aliphatic carbocycles. The van der Waals surface area contributed by atoms with Crippen molar-refractivity contribution in [1.29, 1.82) is 0 Å². The van der Waals surface area contributed by atoms with Crippen LogP contribution in [0.3, 0.4) is 0 Å². The average Bonchev–Trinajstić information content (AvgIpc) is 3.29. The number of nitrogens with zero attached hydrogens (tertiary/aromatic N) is 3. The van der Waals surface area contributed by atoms with E-state index in [9.17, 15) is 14.8 Å². The second-order valence-electron chi connectivity index (χ2n) is 7.94. The van der Waals surface area contributed by atoms with Gasteiger partial charge in [0.15, 0.2) is 0 Å². The van der Waals surface area contributed by atoms with Crippen molar-refractivity contribution >= 4 is 17.4 Å². The van der Waals surface area contributed by atoms with Crippen LogP contribution >= 0.6 is 0 Å². The molecule has 1 aromatic carbocycles. The van der Waals surface area contributed by atoms with Crippen LogP contribution in [0.5, 0.6) is 5.75 Å². The minimum absolute atomic E-state index is 0.124. The highest BCUT2D eigenvalue weighted by Crippen LogP contribution is 2.29. The molecular weight excluding hydrogens is 396 g/mol. The lowest BCUT2D eigenvalue weighted by molar-refractivity contribution is -0.150. The van der Waals surface area contributed by atoms with Crippen molar-refractivity contribution in [3.05, 3.63) is 66.5 Å². The monoisotopic (exact) mass is 422 g/mol. The molecule has 2 N–H and O–H groups in total. The van der Waals surface area contributed by atoms with Crippen molar-refractivity contribution in [3.8, 4) is 5.75 Å². The first-order valence-electron chi connectivity index (χ1n) is 10.3. The lowest BCUT2D eigenvalue weighted by atomic mass is 9.86. The highest BCUT2D eigenvalue weighted by atomic mass is 16.5. The van der Waals surface area contributed by atoms with E-state index in [-0.39, 0.29) is 12.0 Å². The maximum Gasteiger partial charge on any atom is 0.248 e. The molecule has 0 unspecified atom stereocenters. The van der Waals surface area contributed by atoms with Gasteiger partial charge in [-0.25, -0.2) is 5.48 Å². The number of likely N-dealkylation sites (tertiary alicyclic amines) is 1. The van der Waals surface area contributed by atoms with Crippen molar-refractivity contribution in [3.63, 3.8) is 0 Å². The Morgan fingerprint density at radius 2 is 1.90 bits per heavy atom. The van der Waals surface area contributed by atoms with Crippen molar-refractivity contribution < 1.29 is 19.5 Å². The molecule has 0 bridgehead atoms. The van der Waals surface area contributed by atoms with E-state index >= 15 is 0 Å². The van der Waals surface area contributed by atoms with Gasteiger partial charge in [0.1, 0.15) is 17.9 Å². The molecule has 0 spiro atoms. The number of carbonyl (C=O) groups is 2. The summed E-state index contributed by atoms with van der Waals surface area (Å²) in [4.78, 5) is 33.5. The molecule has 1 fully saturated rings. The van der Waals surface area contributed by atoms with Crippen LogP contribution in [0, 0.1) is 5.92 Å². The molecule has 2 aliphatic rings. The standard InChI is InChI=1S/C23H26N4O4/c1-26-15-19(31-18-7-10-24-11-8-18)13-20(22(28)25-30)21(26)23(29)27-12-9-17(14-27)16-5-3-2-4-6-16/h2-11,19-21,30H,12-15H2,1H3,(H,25,28)/t19-,20-,21-/m0/s1. The highest BCUT2D eigenvalue weighted by molar-refractivity contribution is 5.91. The summed E-state index contributed by atoms with van der Waals surface area (Å²) < 4.78 is 6.00. The fourth-order valence-electron chi connectivity index (χ4n) is 4.39. The third-order valence-corrected chi connectivity index (χ3v) is 5.89. The summed E-state index contributed by atoms with van der Waals surface area (Å²) in [7, 11) is 1.81. The summed E-state index contributed by atoms with van der Waals surface area (Å²) in [6.45, 7) is 1.48. The molecule has 3 heterocycles. The number of piperidine rings is 1. The molecule has 2 aliphatic heterocycles. The third kappa shape index (κ3) is 4.60. The zero-order valence-corrected chi connectivity index (χ0v) is 17.3. The van der Waals surface area contributed by atoms with Crippen LogP contribution < -0.4 is 10.2 Å². The van der Waals surface area contributed by atoms with E-state index < -0.39 is 17.9 Å². The number of carbonyl (C=O) groups excluding carboxylic acids is 2. The summed E-state index contributed by atoms with van der Waals surface area (Å²) in [5.41, 5.74) is 3.92. The fraction of sp³-hybridized carbons (Fsp3) is 0.348. The molecule has 162 valence electrons. The molecule has 3 atom stereocenters. The van der Waals surface area contributed by atoms with Crippen LogP contribution in [-0.4, -0.2) is 70.6 Å². The zero-order valence-electron chi connectivity index (χ0n) is 17.3. The lowest BCUT2D eigenvalue weighted by Crippen LogP contribution is -2.60. The van der Waals surface area contributed by atoms with E-state index in [1.54, 1.807) is 34.9 Å². The van der Waals surface area contributed by atoms with Crippen LogP contribution in [0.2, 0.25) is 0 Å². The van der Waals surface area contributed by atoms with Crippen molar-refractivity contribution in [2.45, 2.75) is 18.6 Å². The minimum Gasteiger partial charge on any atom is -0.489 e. The molecule has 4 rings (SSSR count). The third-order valence-electron chi connectivity index (χ3n) is 5.89. The largest absolute Gasteiger partial charge is 0.489 e. The van der Waals surface area contributed by atoms with E-state index in [2.05, 4.69) is 4.98 Å². The number of hydroxylamine groups is 1. The summed E-state index contributed by atoms with van der Waals surface area (Å²) in [6, 6.07) is 12.8. The molecule has 2 amide bonds. The molecule has 1 saturated heterocycles. The topological polar surface area (TPSA) is 95.0 Å². The minimum atomic E-state index is -0.733. The number of benzene rings is 1. The Labute approximate surface area is 181 Å². The van der Waals surface area contributed by atoms with Crippen LogP contribution in [0.15, 0.2) is 60.9 Å². The Morgan fingerprint density at radius 1 is 1.16 bits per heavy atom. The Bertz CT molecular complexity index is 951. The lowest BCUT2D eigenvalue weighted by Gasteiger charge is -2.42. The first-order chi connectivity index (χ1) is 15.1.